The minimum absolute atomic E-state index is 0.0301. The SMILES string of the molecule is CC1(C)c2cccc3ccc4cc(-c5ccc(-c6ccc(N(c7ccc8ccccc8c7)c7ccc8c(c7)oc7ccccc78)cc6)cc5)cc1c4c23. The fraction of sp³-hybridized carbons (Fsp3) is 0.0588. The van der Waals surface area contributed by atoms with Gasteiger partial charge >= 0.3 is 0 Å². The van der Waals surface area contributed by atoms with Gasteiger partial charge in [-0.1, -0.05) is 129 Å². The van der Waals surface area contributed by atoms with Gasteiger partial charge in [-0.15, -0.1) is 0 Å². The number of nitrogens with zero attached hydrogens (tertiary/aromatic N) is 1. The van der Waals surface area contributed by atoms with Gasteiger partial charge in [0.2, 0.25) is 0 Å². The maximum absolute atomic E-state index is 6.34. The van der Waals surface area contributed by atoms with Crippen LogP contribution in [0.2, 0.25) is 0 Å². The Bertz CT molecular complexity index is 3070. The Morgan fingerprint density at radius 2 is 0.962 bits per heavy atom. The Hall–Kier alpha value is -6.64. The molecule has 0 radical (unpaired) electrons. The predicted octanol–water partition coefficient (Wildman–Crippen LogP) is 14.5. The molecule has 10 aromatic rings. The lowest BCUT2D eigenvalue weighted by atomic mass is 9.81. The number of hydrogen-bond acceptors (Lipinski definition) is 2. The van der Waals surface area contributed by atoms with E-state index in [1.165, 1.54) is 65.7 Å². The van der Waals surface area contributed by atoms with Crippen LogP contribution in [0.1, 0.15) is 25.0 Å². The van der Waals surface area contributed by atoms with Crippen LogP contribution in [0.3, 0.4) is 0 Å². The zero-order valence-electron chi connectivity index (χ0n) is 29.6. The Morgan fingerprint density at radius 3 is 1.79 bits per heavy atom. The first-order valence-electron chi connectivity index (χ1n) is 18.4. The lowest BCUT2D eigenvalue weighted by Gasteiger charge is -2.26. The van der Waals surface area contributed by atoms with Gasteiger partial charge in [-0.25, -0.2) is 0 Å². The van der Waals surface area contributed by atoms with E-state index in [1.54, 1.807) is 0 Å². The maximum Gasteiger partial charge on any atom is 0.137 e. The molecule has 0 amide bonds. The molecule has 53 heavy (non-hydrogen) atoms. The van der Waals surface area contributed by atoms with Crippen LogP contribution in [0, 0.1) is 0 Å². The summed E-state index contributed by atoms with van der Waals surface area (Å²) in [7, 11) is 0. The Labute approximate surface area is 308 Å². The molecular weight excluding hydrogens is 643 g/mol. The lowest BCUT2D eigenvalue weighted by molar-refractivity contribution is 0.663. The van der Waals surface area contributed by atoms with E-state index in [2.05, 4.69) is 183 Å². The van der Waals surface area contributed by atoms with Gasteiger partial charge in [0.05, 0.1) is 0 Å². The summed E-state index contributed by atoms with van der Waals surface area (Å²) in [5.41, 5.74) is 12.7. The third-order valence-electron chi connectivity index (χ3n) is 11.6. The van der Waals surface area contributed by atoms with Gasteiger partial charge in [0.1, 0.15) is 11.2 Å². The van der Waals surface area contributed by atoms with Gasteiger partial charge in [-0.05, 0) is 120 Å². The molecule has 0 spiro atoms. The molecule has 0 N–H and O–H groups in total. The molecule has 1 aliphatic rings. The Morgan fingerprint density at radius 1 is 0.377 bits per heavy atom. The molecule has 250 valence electrons. The van der Waals surface area contributed by atoms with Crippen molar-refractivity contribution in [2.24, 2.45) is 0 Å². The number of para-hydroxylation sites is 1. The van der Waals surface area contributed by atoms with E-state index in [1.807, 2.05) is 12.1 Å². The van der Waals surface area contributed by atoms with E-state index in [0.717, 1.165) is 39.0 Å². The molecule has 0 atom stereocenters. The fourth-order valence-electron chi connectivity index (χ4n) is 8.84. The zero-order chi connectivity index (χ0) is 35.3. The van der Waals surface area contributed by atoms with Gasteiger partial charge in [0.15, 0.2) is 0 Å². The number of benzene rings is 9. The van der Waals surface area contributed by atoms with Crippen LogP contribution in [0.25, 0.3) is 76.5 Å². The Balaban J connectivity index is 0.957. The summed E-state index contributed by atoms with van der Waals surface area (Å²) in [6, 6.07) is 64.1. The van der Waals surface area contributed by atoms with Crippen LogP contribution in [0.5, 0.6) is 0 Å². The number of rotatable bonds is 5. The van der Waals surface area contributed by atoms with Crippen molar-refractivity contribution in [1.82, 2.24) is 0 Å². The first-order valence-corrected chi connectivity index (χ1v) is 18.4. The van der Waals surface area contributed by atoms with Crippen molar-refractivity contribution in [3.8, 4) is 22.3 Å². The van der Waals surface area contributed by atoms with Crippen LogP contribution in [-0.2, 0) is 5.41 Å². The largest absolute Gasteiger partial charge is 0.456 e. The first kappa shape index (κ1) is 30.0. The summed E-state index contributed by atoms with van der Waals surface area (Å²) in [5, 5.41) is 10.2. The molecule has 1 aromatic heterocycles. The smallest absolute Gasteiger partial charge is 0.137 e. The third kappa shape index (κ3) is 4.59. The summed E-state index contributed by atoms with van der Waals surface area (Å²) in [4.78, 5) is 2.32. The minimum Gasteiger partial charge on any atom is -0.456 e. The van der Waals surface area contributed by atoms with Gasteiger partial charge in [0.25, 0.3) is 0 Å². The normalized spacial score (nSPS) is 13.2. The van der Waals surface area contributed by atoms with Crippen LogP contribution >= 0.6 is 0 Å². The standard InChI is InChI=1S/C51H35NO/c1-51(2)45-12-7-10-36-18-19-38-28-39(30-46(51)50(38)49(36)45)35-16-14-33(15-17-35)34-20-23-40(24-21-34)52(41-25-22-32-8-3-4-9-37(32)29-41)42-26-27-44-43-11-5-6-13-47(43)53-48(44)31-42/h3-31H,1-2H3. The van der Waals surface area contributed by atoms with E-state index < -0.39 is 0 Å². The Kier molecular flexibility index (Phi) is 6.33. The van der Waals surface area contributed by atoms with Gasteiger partial charge in [-0.3, -0.25) is 0 Å². The molecule has 0 bridgehead atoms. The summed E-state index contributed by atoms with van der Waals surface area (Å²) in [5.74, 6) is 0. The molecular formula is C51H35NO. The average molecular weight is 678 g/mol. The highest BCUT2D eigenvalue weighted by molar-refractivity contribution is 6.15. The molecule has 11 rings (SSSR count). The predicted molar refractivity (Wildman–Crippen MR) is 224 cm³/mol. The number of fused-ring (bicyclic) bond motifs is 4. The molecule has 0 saturated carbocycles. The number of hydrogen-bond donors (Lipinski definition) is 0. The molecule has 1 aliphatic carbocycles. The second kappa shape index (κ2) is 11.2. The first-order chi connectivity index (χ1) is 26.0. The lowest BCUT2D eigenvalue weighted by Crippen LogP contribution is -2.15. The molecule has 0 unspecified atom stereocenters. The van der Waals surface area contributed by atoms with E-state index in [0.29, 0.717) is 0 Å². The highest BCUT2D eigenvalue weighted by Gasteiger charge is 2.34. The molecule has 1 heterocycles. The molecule has 2 heteroatoms. The van der Waals surface area contributed by atoms with E-state index in [4.69, 9.17) is 4.42 Å². The van der Waals surface area contributed by atoms with Crippen LogP contribution in [-0.4, -0.2) is 0 Å². The van der Waals surface area contributed by atoms with Crippen molar-refractivity contribution in [3.63, 3.8) is 0 Å². The summed E-state index contributed by atoms with van der Waals surface area (Å²) in [6.45, 7) is 4.73. The van der Waals surface area contributed by atoms with E-state index in [9.17, 15) is 0 Å². The van der Waals surface area contributed by atoms with E-state index in [-0.39, 0.29) is 5.41 Å². The molecule has 0 fully saturated rings. The average Bonchev–Trinajstić information content (AvgIpc) is 3.69. The van der Waals surface area contributed by atoms with Gasteiger partial charge < -0.3 is 9.32 Å². The number of furan rings is 1. The maximum atomic E-state index is 6.34. The molecule has 0 aliphatic heterocycles. The second-order valence-electron chi connectivity index (χ2n) is 15.0. The second-order valence-corrected chi connectivity index (χ2v) is 15.0. The van der Waals surface area contributed by atoms with Crippen molar-refractivity contribution in [3.05, 3.63) is 187 Å². The molecule has 2 nitrogen and oxygen atoms in total. The van der Waals surface area contributed by atoms with Crippen molar-refractivity contribution in [2.45, 2.75) is 19.3 Å². The van der Waals surface area contributed by atoms with Gasteiger partial charge in [-0.2, -0.15) is 0 Å². The summed E-state index contributed by atoms with van der Waals surface area (Å²) in [6.07, 6.45) is 0. The van der Waals surface area contributed by atoms with Crippen LogP contribution in [0.15, 0.2) is 180 Å². The highest BCUT2D eigenvalue weighted by Crippen LogP contribution is 2.50. The molecule has 0 saturated heterocycles. The fourth-order valence-corrected chi connectivity index (χ4v) is 8.84. The van der Waals surface area contributed by atoms with Crippen LogP contribution < -0.4 is 4.90 Å². The topological polar surface area (TPSA) is 16.4 Å². The highest BCUT2D eigenvalue weighted by atomic mass is 16.3. The van der Waals surface area contributed by atoms with Crippen molar-refractivity contribution in [1.29, 1.82) is 0 Å². The number of anilines is 3. The quantitative estimate of drug-likeness (QED) is 0.169. The summed E-state index contributed by atoms with van der Waals surface area (Å²) >= 11 is 0. The van der Waals surface area contributed by atoms with E-state index >= 15 is 0 Å². The van der Waals surface area contributed by atoms with Gasteiger partial charge in [0, 0.05) is 39.3 Å². The third-order valence-corrected chi connectivity index (χ3v) is 11.6. The summed E-state index contributed by atoms with van der Waals surface area (Å²) < 4.78 is 6.34. The zero-order valence-corrected chi connectivity index (χ0v) is 29.6. The van der Waals surface area contributed by atoms with Crippen LogP contribution in [0.4, 0.5) is 17.1 Å². The molecule has 9 aromatic carbocycles. The van der Waals surface area contributed by atoms with Crippen molar-refractivity contribution < 1.29 is 4.42 Å². The van der Waals surface area contributed by atoms with Crippen molar-refractivity contribution >= 4 is 71.3 Å². The monoisotopic (exact) mass is 677 g/mol. The minimum atomic E-state index is -0.0301. The van der Waals surface area contributed by atoms with Crippen molar-refractivity contribution in [2.75, 3.05) is 4.90 Å².